The number of nitrogens with one attached hydrogen (secondary N) is 1. The lowest BCUT2D eigenvalue weighted by Crippen LogP contribution is -2.47. The second-order valence-corrected chi connectivity index (χ2v) is 15.4. The van der Waals surface area contributed by atoms with Crippen LogP contribution >= 0.6 is 12.4 Å². The number of alkyl halides is 3. The van der Waals surface area contributed by atoms with Gasteiger partial charge in [-0.05, 0) is 62.3 Å². The molecule has 0 unspecified atom stereocenters. The first-order valence-corrected chi connectivity index (χ1v) is 17.2. The van der Waals surface area contributed by atoms with Crippen LogP contribution in [-0.2, 0) is 38.3 Å². The van der Waals surface area contributed by atoms with Gasteiger partial charge in [-0.1, -0.05) is 0 Å². The molecule has 0 aliphatic carbocycles. The van der Waals surface area contributed by atoms with Crippen LogP contribution in [0.25, 0.3) is 0 Å². The molecule has 0 bridgehead atoms. The third kappa shape index (κ3) is 20.2. The van der Waals surface area contributed by atoms with Crippen molar-refractivity contribution in [3.8, 4) is 0 Å². The van der Waals surface area contributed by atoms with E-state index in [1.807, 2.05) is 0 Å². The predicted octanol–water partition coefficient (Wildman–Crippen LogP) is 4.49. The number of amides is 4. The van der Waals surface area contributed by atoms with E-state index in [0.29, 0.717) is 6.29 Å². The molecule has 6 atom stereocenters. The normalized spacial score (nSPS) is 23.3. The third-order valence-electron chi connectivity index (χ3n) is 7.19. The van der Waals surface area contributed by atoms with E-state index >= 15 is 0 Å². The first-order valence-electron chi connectivity index (χ1n) is 17.2. The van der Waals surface area contributed by atoms with Crippen LogP contribution in [0.3, 0.4) is 0 Å². The summed E-state index contributed by atoms with van der Waals surface area (Å²) in [4.78, 5) is 80.8. The van der Waals surface area contributed by atoms with Crippen LogP contribution in [-0.4, -0.2) is 163 Å². The number of aldehydes is 1. The molecule has 55 heavy (non-hydrogen) atoms. The van der Waals surface area contributed by atoms with Gasteiger partial charge >= 0.3 is 24.2 Å². The van der Waals surface area contributed by atoms with E-state index in [9.17, 15) is 41.9 Å². The molecule has 0 saturated carbocycles. The Bertz CT molecular complexity index is 1250. The van der Waals surface area contributed by atoms with Crippen LogP contribution in [0.2, 0.25) is 0 Å². The number of carboxylic acids is 1. The lowest BCUT2D eigenvalue weighted by atomic mass is 10.2. The van der Waals surface area contributed by atoms with Gasteiger partial charge in [0.25, 0.3) is 5.91 Å². The molecule has 3 rings (SSSR count). The van der Waals surface area contributed by atoms with Crippen molar-refractivity contribution < 1.29 is 70.9 Å². The lowest BCUT2D eigenvalue weighted by molar-refractivity contribution is -0.173. The average molecular weight is 824 g/mol. The molecule has 21 heteroatoms. The van der Waals surface area contributed by atoms with Crippen molar-refractivity contribution in [3.05, 3.63) is 0 Å². The Hall–Kier alpha value is -3.62. The first kappa shape index (κ1) is 53.5. The summed E-state index contributed by atoms with van der Waals surface area (Å²) in [6.07, 6.45) is -5.30. The summed E-state index contributed by atoms with van der Waals surface area (Å²) < 4.78 is 54.8. The van der Waals surface area contributed by atoms with Crippen LogP contribution in [0.1, 0.15) is 81.6 Å². The molecule has 0 radical (unpaired) electrons. The maximum atomic E-state index is 13.5. The lowest BCUT2D eigenvalue weighted by Gasteiger charge is -2.29. The molecule has 4 amide bonds. The van der Waals surface area contributed by atoms with Gasteiger partial charge in [-0.3, -0.25) is 24.3 Å². The summed E-state index contributed by atoms with van der Waals surface area (Å²) in [6, 6.07) is -2.69. The molecule has 0 spiro atoms. The zero-order valence-electron chi connectivity index (χ0n) is 34.1. The van der Waals surface area contributed by atoms with E-state index in [2.05, 4.69) is 10.3 Å². The molecular formula is C34H61ClF3N5O12. The molecular weight excluding hydrogens is 763 g/mol. The third-order valence-corrected chi connectivity index (χ3v) is 7.19. The number of likely N-dealkylation sites (tertiary alicyclic amines) is 3. The Morgan fingerprint density at radius 3 is 1.35 bits per heavy atom. The first-order chi connectivity index (χ1) is 24.6. The van der Waals surface area contributed by atoms with Crippen molar-refractivity contribution in [1.82, 2.24) is 25.2 Å². The number of hydrogen-bond acceptors (Lipinski definition) is 12. The van der Waals surface area contributed by atoms with Crippen LogP contribution < -0.4 is 5.48 Å². The molecule has 3 aliphatic heterocycles. The van der Waals surface area contributed by atoms with Gasteiger partial charge in [-0.25, -0.2) is 42.9 Å². The Kier molecular flexibility index (Phi) is 22.8. The van der Waals surface area contributed by atoms with Crippen LogP contribution in [0.15, 0.2) is 0 Å². The average Bonchev–Trinajstić information content (AvgIpc) is 3.74. The smallest absolute Gasteiger partial charge is 0.411 e. The number of aliphatic carboxylic acids is 1. The second-order valence-electron chi connectivity index (χ2n) is 15.4. The summed E-state index contributed by atoms with van der Waals surface area (Å²) in [7, 11) is 6.03. The molecule has 2 N–H and O–H groups in total. The van der Waals surface area contributed by atoms with Gasteiger partial charge in [0.15, 0.2) is 0 Å². The number of halogens is 4. The number of hydroxylamine groups is 3. The van der Waals surface area contributed by atoms with Gasteiger partial charge in [-0.15, -0.1) is 12.4 Å². The van der Waals surface area contributed by atoms with Crippen molar-refractivity contribution in [2.24, 2.45) is 0 Å². The molecule has 3 heterocycles. The molecule has 0 aromatic carbocycles. The van der Waals surface area contributed by atoms with E-state index in [-0.39, 0.29) is 51.3 Å². The molecule has 3 aliphatic rings. The minimum Gasteiger partial charge on any atom is -0.480 e. The fourth-order valence-electron chi connectivity index (χ4n) is 4.85. The Labute approximate surface area is 327 Å². The minimum absolute atomic E-state index is 0. The SMILES string of the molecule is CC(C)(C)OC(=O)N1C[C@H](F)C[C@H]1C(=O)O.CC(C)(C)OC(=O)N1C[C@H](F)C[C@H]1C=O.CNOC.CON(C)C(=O)[C@@H]1C[C@@H](F)CN1C(=O)OC(C)(C)C.Cl. The summed E-state index contributed by atoms with van der Waals surface area (Å²) in [5, 5.41) is 9.82. The molecule has 0 aromatic rings. The van der Waals surface area contributed by atoms with Gasteiger partial charge in [0.1, 0.15) is 53.7 Å². The zero-order valence-corrected chi connectivity index (χ0v) is 34.9. The quantitative estimate of drug-likeness (QED) is 0.224. The predicted molar refractivity (Wildman–Crippen MR) is 196 cm³/mol. The maximum absolute atomic E-state index is 13.5. The Morgan fingerprint density at radius 1 is 0.691 bits per heavy atom. The minimum atomic E-state index is -1.30. The van der Waals surface area contributed by atoms with Crippen LogP contribution in [0, 0.1) is 0 Å². The second kappa shape index (κ2) is 23.4. The van der Waals surface area contributed by atoms with Crippen molar-refractivity contribution in [3.63, 3.8) is 0 Å². The molecule has 3 saturated heterocycles. The number of hydrogen-bond donors (Lipinski definition) is 2. The van der Waals surface area contributed by atoms with E-state index in [1.165, 1.54) is 14.2 Å². The molecule has 3 fully saturated rings. The molecule has 322 valence electrons. The summed E-state index contributed by atoms with van der Waals surface area (Å²) in [5.74, 6) is -1.67. The maximum Gasteiger partial charge on any atom is 0.411 e. The van der Waals surface area contributed by atoms with Gasteiger partial charge in [-0.2, -0.15) is 0 Å². The van der Waals surface area contributed by atoms with Crippen LogP contribution in [0.5, 0.6) is 0 Å². The number of nitrogens with zero attached hydrogens (tertiary/aromatic N) is 4. The highest BCUT2D eigenvalue weighted by atomic mass is 35.5. The Balaban J connectivity index is 0. The van der Waals surface area contributed by atoms with Crippen molar-refractivity contribution in [2.45, 2.75) is 135 Å². The molecule has 17 nitrogen and oxygen atoms in total. The zero-order chi connectivity index (χ0) is 42.4. The fraction of sp³-hybridized carbons (Fsp3) is 0.824. The van der Waals surface area contributed by atoms with E-state index < -0.39 is 83.6 Å². The van der Waals surface area contributed by atoms with Crippen molar-refractivity contribution in [1.29, 1.82) is 0 Å². The summed E-state index contributed by atoms with van der Waals surface area (Å²) in [6.45, 7) is 14.9. The standard InChI is InChI=1S/C12H21FN2O4.C10H16FNO4.C10H16FNO3.C2H7NO.ClH/c1-12(2,3)19-11(17)15-7-8(13)6-9(15)10(16)14(4)18-5;1-10(2,3)16-9(15)12-5-6(11)4-7(12)8(13)14;1-10(2,3)15-9(14)12-5-7(11)4-8(12)6-13;1-3-4-2;/h8-9H,6-7H2,1-5H3;6-7H,4-5H2,1-3H3,(H,13,14);6-8H,4-5H2,1-3H3;3H,1-2H3;1H/t8-,9+;6-,7+;7-,8+;;/m111../s1. The van der Waals surface area contributed by atoms with Gasteiger partial charge < -0.3 is 28.9 Å². The van der Waals surface area contributed by atoms with E-state index in [0.717, 1.165) is 19.8 Å². The number of rotatable bonds is 5. The topological polar surface area (TPSA) is 194 Å². The van der Waals surface area contributed by atoms with Crippen molar-refractivity contribution >= 4 is 48.8 Å². The number of carbonyl (C=O) groups excluding carboxylic acids is 5. The number of likely N-dealkylation sites (N-methyl/N-ethyl adjacent to an activating group) is 1. The van der Waals surface area contributed by atoms with E-state index in [1.54, 1.807) is 76.5 Å². The summed E-state index contributed by atoms with van der Waals surface area (Å²) >= 11 is 0. The highest BCUT2D eigenvalue weighted by Crippen LogP contribution is 2.26. The van der Waals surface area contributed by atoms with Crippen molar-refractivity contribution in [2.75, 3.05) is 47.9 Å². The molecule has 0 aromatic heterocycles. The summed E-state index contributed by atoms with van der Waals surface area (Å²) in [5.41, 5.74) is 0.402. The number of carbonyl (C=O) groups is 6. The van der Waals surface area contributed by atoms with Gasteiger partial charge in [0, 0.05) is 33.4 Å². The largest absolute Gasteiger partial charge is 0.480 e. The van der Waals surface area contributed by atoms with Crippen LogP contribution in [0.4, 0.5) is 27.6 Å². The highest BCUT2D eigenvalue weighted by molar-refractivity contribution is 5.86. The monoisotopic (exact) mass is 823 g/mol. The fourth-order valence-corrected chi connectivity index (χ4v) is 4.85. The van der Waals surface area contributed by atoms with E-state index in [4.69, 9.17) is 24.2 Å². The van der Waals surface area contributed by atoms with Gasteiger partial charge in [0.2, 0.25) is 0 Å². The van der Waals surface area contributed by atoms with Gasteiger partial charge in [0.05, 0.1) is 39.9 Å². The Morgan fingerprint density at radius 2 is 1.02 bits per heavy atom. The number of carboxylic acid groups (broad SMARTS) is 1. The number of ether oxygens (including phenoxy) is 3. The highest BCUT2D eigenvalue weighted by Gasteiger charge is 2.44.